The van der Waals surface area contributed by atoms with E-state index in [-0.39, 0.29) is 0 Å². The van der Waals surface area contributed by atoms with Crippen LogP contribution in [0.5, 0.6) is 5.75 Å². The molecular weight excluding hydrogens is 310 g/mol. The van der Waals surface area contributed by atoms with E-state index in [2.05, 4.69) is 56.2 Å². The Labute approximate surface area is 101 Å². The number of halogens is 2. The minimum atomic E-state index is 0.838. The van der Waals surface area contributed by atoms with Gasteiger partial charge in [-0.3, -0.25) is 0 Å². The van der Waals surface area contributed by atoms with Crippen molar-refractivity contribution in [3.63, 3.8) is 0 Å². The summed E-state index contributed by atoms with van der Waals surface area (Å²) in [6.07, 6.45) is 0. The Morgan fingerprint density at radius 3 is 2.29 bits per heavy atom. The smallest absolute Gasteiger partial charge is 0.147 e. The lowest BCUT2D eigenvalue weighted by molar-refractivity contribution is 0.409. The van der Waals surface area contributed by atoms with Crippen molar-refractivity contribution in [2.24, 2.45) is 0 Å². The van der Waals surface area contributed by atoms with Crippen LogP contribution >= 0.6 is 31.9 Å². The molecule has 0 radical (unpaired) electrons. The van der Waals surface area contributed by atoms with Gasteiger partial charge in [0.25, 0.3) is 0 Å². The summed E-state index contributed by atoms with van der Waals surface area (Å²) in [5.41, 5.74) is 1.23. The molecule has 78 valence electrons. The Balaban J connectivity index is 2.90. The molecule has 0 heterocycles. The van der Waals surface area contributed by atoms with Crippen LogP contribution in [0.25, 0.3) is 0 Å². The number of hydrogen-bond donors (Lipinski definition) is 1. The summed E-state index contributed by atoms with van der Waals surface area (Å²) in [5, 5.41) is 3.27. The second-order valence-electron chi connectivity index (χ2n) is 2.87. The van der Waals surface area contributed by atoms with E-state index in [1.165, 1.54) is 5.56 Å². The van der Waals surface area contributed by atoms with E-state index in [0.717, 1.165) is 27.8 Å². The highest BCUT2D eigenvalue weighted by atomic mass is 79.9. The number of nitrogens with one attached hydrogen (secondary N) is 1. The first kappa shape index (κ1) is 12.0. The average molecular weight is 323 g/mol. The van der Waals surface area contributed by atoms with Gasteiger partial charge in [0.1, 0.15) is 5.75 Å². The molecule has 1 aromatic carbocycles. The largest absolute Gasteiger partial charge is 0.494 e. The molecule has 0 spiro atoms. The highest BCUT2D eigenvalue weighted by Gasteiger charge is 2.06. The van der Waals surface area contributed by atoms with E-state index in [4.69, 9.17) is 4.74 Å². The second-order valence-corrected chi connectivity index (χ2v) is 4.58. The summed E-state index contributed by atoms with van der Waals surface area (Å²) in [5.74, 6) is 0.838. The molecule has 0 atom stereocenters. The van der Waals surface area contributed by atoms with E-state index < -0.39 is 0 Å². The molecule has 0 fully saturated rings. The van der Waals surface area contributed by atoms with Gasteiger partial charge < -0.3 is 10.1 Å². The van der Waals surface area contributed by atoms with Crippen molar-refractivity contribution in [1.29, 1.82) is 0 Å². The van der Waals surface area contributed by atoms with E-state index in [9.17, 15) is 0 Å². The topological polar surface area (TPSA) is 21.3 Å². The Hall–Kier alpha value is -0.0600. The highest BCUT2D eigenvalue weighted by Crippen LogP contribution is 2.34. The molecule has 0 aliphatic carbocycles. The normalized spacial score (nSPS) is 10.3. The lowest BCUT2D eigenvalue weighted by Crippen LogP contribution is -2.11. The van der Waals surface area contributed by atoms with Gasteiger partial charge in [-0.15, -0.1) is 0 Å². The Morgan fingerprint density at radius 2 is 1.86 bits per heavy atom. The van der Waals surface area contributed by atoms with Crippen LogP contribution in [0.1, 0.15) is 12.5 Å². The zero-order valence-electron chi connectivity index (χ0n) is 8.23. The average Bonchev–Trinajstić information content (AvgIpc) is 2.14. The van der Waals surface area contributed by atoms with Gasteiger partial charge in [0, 0.05) is 6.54 Å². The summed E-state index contributed by atoms with van der Waals surface area (Å²) in [4.78, 5) is 0. The maximum atomic E-state index is 5.22. The number of rotatable bonds is 4. The SMILES string of the molecule is CCNCc1cc(Br)c(OC)c(Br)c1. The number of methoxy groups -OCH3 is 1. The second kappa shape index (κ2) is 5.73. The van der Waals surface area contributed by atoms with Crippen LogP contribution in [0.15, 0.2) is 21.1 Å². The van der Waals surface area contributed by atoms with E-state index >= 15 is 0 Å². The van der Waals surface area contributed by atoms with E-state index in [1.807, 2.05) is 0 Å². The summed E-state index contributed by atoms with van der Waals surface area (Å²) in [6.45, 7) is 3.94. The minimum absolute atomic E-state index is 0.838. The van der Waals surface area contributed by atoms with Crippen LogP contribution in [0.4, 0.5) is 0 Å². The van der Waals surface area contributed by atoms with Crippen molar-refractivity contribution in [3.8, 4) is 5.75 Å². The molecule has 0 saturated heterocycles. The number of ether oxygens (including phenoxy) is 1. The van der Waals surface area contributed by atoms with E-state index in [0.29, 0.717) is 0 Å². The summed E-state index contributed by atoms with van der Waals surface area (Å²) in [6, 6.07) is 4.12. The Kier molecular flexibility index (Phi) is 4.92. The molecular formula is C10H13Br2NO. The van der Waals surface area contributed by atoms with Crippen molar-refractivity contribution < 1.29 is 4.74 Å². The molecule has 14 heavy (non-hydrogen) atoms. The highest BCUT2D eigenvalue weighted by molar-refractivity contribution is 9.11. The van der Waals surface area contributed by atoms with Gasteiger partial charge in [-0.2, -0.15) is 0 Å². The lowest BCUT2D eigenvalue weighted by Gasteiger charge is -2.09. The molecule has 0 amide bonds. The first-order valence-electron chi connectivity index (χ1n) is 4.41. The monoisotopic (exact) mass is 321 g/mol. The third-order valence-corrected chi connectivity index (χ3v) is 3.02. The number of hydrogen-bond acceptors (Lipinski definition) is 2. The van der Waals surface area contributed by atoms with Crippen molar-refractivity contribution in [2.45, 2.75) is 13.5 Å². The zero-order chi connectivity index (χ0) is 10.6. The molecule has 1 aromatic rings. The van der Waals surface area contributed by atoms with Gasteiger partial charge in [-0.1, -0.05) is 6.92 Å². The van der Waals surface area contributed by atoms with Gasteiger partial charge in [-0.05, 0) is 56.1 Å². The quantitative estimate of drug-likeness (QED) is 0.918. The predicted molar refractivity (Wildman–Crippen MR) is 65.8 cm³/mol. The molecule has 4 heteroatoms. The van der Waals surface area contributed by atoms with Gasteiger partial charge >= 0.3 is 0 Å². The fourth-order valence-electron chi connectivity index (χ4n) is 1.18. The first-order chi connectivity index (χ1) is 6.69. The molecule has 0 bridgehead atoms. The van der Waals surface area contributed by atoms with Crippen molar-refractivity contribution >= 4 is 31.9 Å². The van der Waals surface area contributed by atoms with Crippen LogP contribution in [-0.4, -0.2) is 13.7 Å². The minimum Gasteiger partial charge on any atom is -0.494 e. The van der Waals surface area contributed by atoms with Crippen LogP contribution in [0.3, 0.4) is 0 Å². The Bertz CT molecular complexity index is 292. The van der Waals surface area contributed by atoms with Crippen LogP contribution in [-0.2, 0) is 6.54 Å². The molecule has 0 aromatic heterocycles. The van der Waals surface area contributed by atoms with Gasteiger partial charge in [0.05, 0.1) is 16.1 Å². The summed E-state index contributed by atoms with van der Waals surface area (Å²) >= 11 is 6.93. The van der Waals surface area contributed by atoms with Gasteiger partial charge in [-0.25, -0.2) is 0 Å². The lowest BCUT2D eigenvalue weighted by atomic mass is 10.2. The molecule has 0 saturated carbocycles. The molecule has 1 rings (SSSR count). The molecule has 2 nitrogen and oxygen atoms in total. The maximum absolute atomic E-state index is 5.22. The third kappa shape index (κ3) is 2.97. The summed E-state index contributed by atoms with van der Waals surface area (Å²) in [7, 11) is 1.66. The van der Waals surface area contributed by atoms with Crippen LogP contribution < -0.4 is 10.1 Å². The van der Waals surface area contributed by atoms with Gasteiger partial charge in [0.2, 0.25) is 0 Å². The van der Waals surface area contributed by atoms with Crippen molar-refractivity contribution in [1.82, 2.24) is 5.32 Å². The molecule has 0 unspecified atom stereocenters. The van der Waals surface area contributed by atoms with E-state index in [1.54, 1.807) is 7.11 Å². The fourth-order valence-corrected chi connectivity index (χ4v) is 2.78. The predicted octanol–water partition coefficient (Wildman–Crippen LogP) is 3.33. The summed E-state index contributed by atoms with van der Waals surface area (Å²) < 4.78 is 7.17. The Morgan fingerprint density at radius 1 is 1.29 bits per heavy atom. The third-order valence-electron chi connectivity index (χ3n) is 1.84. The van der Waals surface area contributed by atoms with Crippen LogP contribution in [0.2, 0.25) is 0 Å². The number of benzene rings is 1. The molecule has 0 aliphatic rings. The standard InChI is InChI=1S/C10H13Br2NO/c1-3-13-6-7-4-8(11)10(14-2)9(12)5-7/h4-5,13H,3,6H2,1-2H3. The molecule has 0 aliphatic heterocycles. The first-order valence-corrected chi connectivity index (χ1v) is 6.00. The zero-order valence-corrected chi connectivity index (χ0v) is 11.4. The maximum Gasteiger partial charge on any atom is 0.147 e. The van der Waals surface area contributed by atoms with Crippen molar-refractivity contribution in [3.05, 3.63) is 26.6 Å². The van der Waals surface area contributed by atoms with Crippen molar-refractivity contribution in [2.75, 3.05) is 13.7 Å². The molecule has 1 N–H and O–H groups in total. The van der Waals surface area contributed by atoms with Crippen LogP contribution in [0, 0.1) is 0 Å². The fraction of sp³-hybridized carbons (Fsp3) is 0.400. The van der Waals surface area contributed by atoms with Gasteiger partial charge in [0.15, 0.2) is 0 Å².